The van der Waals surface area contributed by atoms with Crippen LogP contribution in [0.15, 0.2) is 36.4 Å². The predicted molar refractivity (Wildman–Crippen MR) is 42.6 cm³/mol. The van der Waals surface area contributed by atoms with Crippen molar-refractivity contribution in [1.82, 2.24) is 0 Å². The van der Waals surface area contributed by atoms with Gasteiger partial charge in [-0.1, -0.05) is 36.4 Å². The summed E-state index contributed by atoms with van der Waals surface area (Å²) >= 11 is 0. The van der Waals surface area contributed by atoms with E-state index in [0.717, 1.165) is 0 Å². The van der Waals surface area contributed by atoms with E-state index in [9.17, 15) is 0 Å². The van der Waals surface area contributed by atoms with Crippen molar-refractivity contribution in [3.63, 3.8) is 0 Å². The number of hydrogen-bond donors (Lipinski definition) is 2. The Bertz CT molecular complexity index is 106. The molecule has 3 N–H and O–H groups in total. The summed E-state index contributed by atoms with van der Waals surface area (Å²) in [7, 11) is 0. The van der Waals surface area contributed by atoms with Gasteiger partial charge >= 0.3 is 0 Å². The Hall–Kier alpha value is -0.172. The first kappa shape index (κ1) is 13.4. The Morgan fingerprint density at radius 2 is 1.09 bits per heavy atom. The quantitative estimate of drug-likeness (QED) is 0.791. The molecule has 0 aliphatic rings. The molecule has 0 spiro atoms. The van der Waals surface area contributed by atoms with Crippen molar-refractivity contribution in [3.8, 4) is 0 Å². The molecule has 11 heavy (non-hydrogen) atoms. The normalized spacial score (nSPS) is 7.09. The zero-order valence-electron chi connectivity index (χ0n) is 6.22. The van der Waals surface area contributed by atoms with E-state index in [0.29, 0.717) is 6.54 Å². The Kier molecular flexibility index (Phi) is 15.2. The summed E-state index contributed by atoms with van der Waals surface area (Å²) in [4.78, 5) is 0. The molecule has 1 aromatic rings. The molecule has 0 aromatic heterocycles. The number of benzene rings is 1. The molecule has 0 radical (unpaired) electrons. The van der Waals surface area contributed by atoms with Crippen LogP contribution in [0.4, 0.5) is 0 Å². The summed E-state index contributed by atoms with van der Waals surface area (Å²) in [6.07, 6.45) is 0. The molecule has 0 aliphatic heterocycles. The standard InChI is InChI=1S/C6H6.C2H7NO.Pt/c1-2-4-6-5-3-1;3-1-2-4;/h1-6H;4H,1-3H2;. The maximum absolute atomic E-state index is 7.75. The summed E-state index contributed by atoms with van der Waals surface area (Å²) < 4.78 is 0. The van der Waals surface area contributed by atoms with Crippen molar-refractivity contribution in [2.75, 3.05) is 13.2 Å². The Morgan fingerprint density at radius 1 is 0.909 bits per heavy atom. The molecule has 0 heterocycles. The van der Waals surface area contributed by atoms with E-state index in [1.807, 2.05) is 36.4 Å². The first-order valence-corrected chi connectivity index (χ1v) is 3.22. The molecule has 3 heteroatoms. The molecule has 1 rings (SSSR count). The van der Waals surface area contributed by atoms with Gasteiger partial charge in [0, 0.05) is 27.6 Å². The topological polar surface area (TPSA) is 46.2 Å². The van der Waals surface area contributed by atoms with E-state index >= 15 is 0 Å². The van der Waals surface area contributed by atoms with E-state index in [1.165, 1.54) is 0 Å². The summed E-state index contributed by atoms with van der Waals surface area (Å²) in [6, 6.07) is 12.0. The minimum Gasteiger partial charge on any atom is -0.395 e. The van der Waals surface area contributed by atoms with E-state index in [1.54, 1.807) is 0 Å². The van der Waals surface area contributed by atoms with Crippen LogP contribution in [0.25, 0.3) is 0 Å². The summed E-state index contributed by atoms with van der Waals surface area (Å²) in [5.41, 5.74) is 4.78. The van der Waals surface area contributed by atoms with Gasteiger partial charge in [-0.3, -0.25) is 0 Å². The predicted octanol–water partition coefficient (Wildman–Crippen LogP) is 0.621. The van der Waals surface area contributed by atoms with Crippen LogP contribution >= 0.6 is 0 Å². The van der Waals surface area contributed by atoms with Crippen LogP contribution in [0.3, 0.4) is 0 Å². The second kappa shape index (κ2) is 12.5. The Morgan fingerprint density at radius 3 is 1.18 bits per heavy atom. The first-order valence-electron chi connectivity index (χ1n) is 3.22. The number of rotatable bonds is 1. The van der Waals surface area contributed by atoms with Gasteiger partial charge in [-0.2, -0.15) is 0 Å². The van der Waals surface area contributed by atoms with Gasteiger partial charge in [-0.15, -0.1) is 0 Å². The van der Waals surface area contributed by atoms with Gasteiger partial charge < -0.3 is 10.8 Å². The molecular weight excluding hydrogens is 321 g/mol. The van der Waals surface area contributed by atoms with Crippen LogP contribution in [0.2, 0.25) is 0 Å². The largest absolute Gasteiger partial charge is 0.395 e. The molecule has 0 aliphatic carbocycles. The van der Waals surface area contributed by atoms with Crippen molar-refractivity contribution in [1.29, 1.82) is 0 Å². The van der Waals surface area contributed by atoms with Crippen molar-refractivity contribution in [2.45, 2.75) is 0 Å². The van der Waals surface area contributed by atoms with Crippen molar-refractivity contribution in [2.24, 2.45) is 5.73 Å². The van der Waals surface area contributed by atoms with Crippen molar-refractivity contribution < 1.29 is 26.2 Å². The van der Waals surface area contributed by atoms with E-state index in [-0.39, 0.29) is 27.7 Å². The van der Waals surface area contributed by atoms with Gasteiger partial charge in [0.1, 0.15) is 0 Å². The van der Waals surface area contributed by atoms with Crippen molar-refractivity contribution in [3.05, 3.63) is 36.4 Å². The third-order valence-corrected chi connectivity index (χ3v) is 0.796. The molecule has 1 aromatic carbocycles. The smallest absolute Gasteiger partial charge is 0.0553 e. The molecule has 0 saturated heterocycles. The third-order valence-electron chi connectivity index (χ3n) is 0.796. The molecule has 0 atom stereocenters. The van der Waals surface area contributed by atoms with Crippen LogP contribution in [0.5, 0.6) is 0 Å². The molecule has 0 bridgehead atoms. The maximum atomic E-state index is 7.75. The number of aliphatic hydroxyl groups is 1. The number of hydrogen-bond acceptors (Lipinski definition) is 2. The SMILES string of the molecule is NCCO.[Pt].c1ccccc1. The fourth-order valence-electron chi connectivity index (χ4n) is 0.385. The molecular formula is C8H13NOPt. The summed E-state index contributed by atoms with van der Waals surface area (Å²) in [6.45, 7) is 0.472. The second-order valence-corrected chi connectivity index (χ2v) is 1.67. The Balaban J connectivity index is 0. The fraction of sp³-hybridized carbons (Fsp3) is 0.250. The summed E-state index contributed by atoms with van der Waals surface area (Å²) in [5.74, 6) is 0. The monoisotopic (exact) mass is 334 g/mol. The van der Waals surface area contributed by atoms with Crippen molar-refractivity contribution >= 4 is 0 Å². The van der Waals surface area contributed by atoms with E-state index in [4.69, 9.17) is 10.8 Å². The maximum Gasteiger partial charge on any atom is 0.0553 e. The average Bonchev–Trinajstić information content (AvgIpc) is 2.08. The van der Waals surface area contributed by atoms with Crippen LogP contribution in [-0.2, 0) is 21.1 Å². The molecule has 0 fully saturated rings. The van der Waals surface area contributed by atoms with Gasteiger partial charge in [0.2, 0.25) is 0 Å². The Labute approximate surface area is 81.7 Å². The van der Waals surface area contributed by atoms with Gasteiger partial charge in [0.05, 0.1) is 6.61 Å². The first-order chi connectivity index (χ1) is 4.91. The van der Waals surface area contributed by atoms with Gasteiger partial charge in [0.25, 0.3) is 0 Å². The van der Waals surface area contributed by atoms with Crippen LogP contribution in [0.1, 0.15) is 0 Å². The molecule has 2 nitrogen and oxygen atoms in total. The third kappa shape index (κ3) is 12.9. The van der Waals surface area contributed by atoms with E-state index < -0.39 is 0 Å². The molecule has 66 valence electrons. The van der Waals surface area contributed by atoms with Gasteiger partial charge in [-0.25, -0.2) is 0 Å². The van der Waals surface area contributed by atoms with Crippen LogP contribution < -0.4 is 5.73 Å². The second-order valence-electron chi connectivity index (χ2n) is 1.67. The number of nitrogens with two attached hydrogens (primary N) is 1. The average molecular weight is 334 g/mol. The molecule has 0 amide bonds. The van der Waals surface area contributed by atoms with Gasteiger partial charge in [-0.05, 0) is 0 Å². The zero-order chi connectivity index (χ0) is 7.66. The number of aliphatic hydroxyl groups excluding tert-OH is 1. The van der Waals surface area contributed by atoms with E-state index in [2.05, 4.69) is 0 Å². The zero-order valence-corrected chi connectivity index (χ0v) is 8.49. The molecule has 0 unspecified atom stereocenters. The molecule has 0 saturated carbocycles. The fourth-order valence-corrected chi connectivity index (χ4v) is 0.385. The summed E-state index contributed by atoms with van der Waals surface area (Å²) in [5, 5.41) is 7.75. The van der Waals surface area contributed by atoms with Gasteiger partial charge in [0.15, 0.2) is 0 Å². The minimum atomic E-state index is 0. The van der Waals surface area contributed by atoms with Crippen LogP contribution in [-0.4, -0.2) is 18.3 Å². The minimum absolute atomic E-state index is 0. The van der Waals surface area contributed by atoms with Crippen LogP contribution in [0, 0.1) is 0 Å².